The molecule has 3 nitrogen and oxygen atoms in total. The van der Waals surface area contributed by atoms with Crippen molar-refractivity contribution in [2.45, 2.75) is 25.8 Å². The number of benzene rings is 1. The lowest BCUT2D eigenvalue weighted by molar-refractivity contribution is -0.692. The van der Waals surface area contributed by atoms with Crippen LogP contribution in [0.25, 0.3) is 0 Å². The van der Waals surface area contributed by atoms with Gasteiger partial charge in [0.1, 0.15) is 0 Å². The van der Waals surface area contributed by atoms with Crippen LogP contribution in [0.15, 0.2) is 70.9 Å². The summed E-state index contributed by atoms with van der Waals surface area (Å²) in [6.45, 7) is 6.20. The smallest absolute Gasteiger partial charge is 0.237 e. The lowest BCUT2D eigenvalue weighted by atomic mass is 10.0. The van der Waals surface area contributed by atoms with Gasteiger partial charge in [-0.1, -0.05) is 47.5 Å². The first kappa shape index (κ1) is 19.5. The second-order valence-electron chi connectivity index (χ2n) is 5.65. The molecule has 0 amide bonds. The maximum atomic E-state index is 13.1. The summed E-state index contributed by atoms with van der Waals surface area (Å²) in [4.78, 5) is 17.4. The highest BCUT2D eigenvalue weighted by Gasteiger charge is 2.28. The minimum atomic E-state index is -0.639. The zero-order valence-electron chi connectivity index (χ0n) is 14.2. The first-order valence-corrected chi connectivity index (χ1v) is 9.38. The highest BCUT2D eigenvalue weighted by molar-refractivity contribution is 9.10. The van der Waals surface area contributed by atoms with Gasteiger partial charge in [0.25, 0.3) is 0 Å². The number of hydrogen-bond acceptors (Lipinski definition) is 3. The van der Waals surface area contributed by atoms with E-state index in [9.17, 15) is 4.79 Å². The van der Waals surface area contributed by atoms with Gasteiger partial charge in [-0.25, -0.2) is 0 Å². The Balaban J connectivity index is 2.42. The van der Waals surface area contributed by atoms with Gasteiger partial charge in [-0.3, -0.25) is 4.79 Å². The number of pyridine rings is 1. The maximum absolute atomic E-state index is 13.1. The lowest BCUT2D eigenvalue weighted by Crippen LogP contribution is -2.47. The van der Waals surface area contributed by atoms with Gasteiger partial charge in [-0.2, -0.15) is 4.57 Å². The molecule has 130 valence electrons. The molecule has 1 aromatic heterocycles. The number of rotatable bonds is 8. The van der Waals surface area contributed by atoms with Crippen molar-refractivity contribution in [1.82, 2.24) is 0 Å². The van der Waals surface area contributed by atoms with E-state index in [0.717, 1.165) is 17.3 Å². The third-order valence-corrected chi connectivity index (χ3v) is 4.57. The van der Waals surface area contributed by atoms with Crippen LogP contribution in [-0.2, 0) is 19.0 Å². The van der Waals surface area contributed by atoms with Crippen LogP contribution in [0.4, 0.5) is 0 Å². The van der Waals surface area contributed by atoms with Gasteiger partial charge < -0.3 is 17.6 Å². The highest BCUT2D eigenvalue weighted by atomic mass is 79.9. The van der Waals surface area contributed by atoms with E-state index in [1.165, 1.54) is 5.56 Å². The number of aromatic nitrogens is 1. The van der Waals surface area contributed by atoms with Crippen molar-refractivity contribution in [3.05, 3.63) is 77.0 Å². The summed E-state index contributed by atoms with van der Waals surface area (Å²) >= 11 is 8.86. The zero-order chi connectivity index (χ0) is 18.2. The molecule has 0 spiro atoms. The Morgan fingerprint density at radius 1 is 1.36 bits per heavy atom. The average molecular weight is 417 g/mol. The fourth-order valence-corrected chi connectivity index (χ4v) is 3.21. The molecular formula is C20H21BrN2OS. The molecule has 0 saturated heterocycles. The summed E-state index contributed by atoms with van der Waals surface area (Å²) in [7, 11) is 0. The van der Waals surface area contributed by atoms with E-state index in [4.69, 9.17) is 12.6 Å². The highest BCUT2D eigenvalue weighted by Crippen LogP contribution is 2.17. The fraction of sp³-hybridized carbons (Fsp3) is 0.250. The van der Waals surface area contributed by atoms with Gasteiger partial charge in [0, 0.05) is 22.2 Å². The maximum Gasteiger partial charge on any atom is 0.237 e. The van der Waals surface area contributed by atoms with Gasteiger partial charge in [-0.05, 0) is 29.2 Å². The minimum absolute atomic E-state index is 0.0765. The Bertz CT molecular complexity index is 772. The first-order chi connectivity index (χ1) is 12.1. The summed E-state index contributed by atoms with van der Waals surface area (Å²) in [5, 5.41) is 0.359. The van der Waals surface area contributed by atoms with Gasteiger partial charge in [0.05, 0.1) is 6.54 Å². The molecule has 0 aliphatic rings. The molecule has 1 atom stereocenters. The van der Waals surface area contributed by atoms with Crippen molar-refractivity contribution in [3.8, 4) is 0 Å². The first-order valence-electron chi connectivity index (χ1n) is 8.18. The monoisotopic (exact) mass is 416 g/mol. The molecule has 0 radical (unpaired) electrons. The third kappa shape index (κ3) is 5.31. The fourth-order valence-electron chi connectivity index (χ4n) is 2.51. The van der Waals surface area contributed by atoms with Crippen LogP contribution < -0.4 is 4.57 Å². The molecule has 1 heterocycles. The minimum Gasteiger partial charge on any atom is -0.758 e. The van der Waals surface area contributed by atoms with E-state index in [-0.39, 0.29) is 5.78 Å². The number of carbonyl (C=O) groups excluding carboxylic acids is 1. The molecule has 5 heteroatoms. The number of aliphatic imine (C=N–C) groups is 1. The number of aryl methyl sites for hydroxylation is 1. The van der Waals surface area contributed by atoms with Crippen LogP contribution >= 0.6 is 15.9 Å². The van der Waals surface area contributed by atoms with E-state index in [2.05, 4.69) is 34.4 Å². The van der Waals surface area contributed by atoms with Crippen molar-refractivity contribution < 1.29 is 9.36 Å². The summed E-state index contributed by atoms with van der Waals surface area (Å²) < 4.78 is 2.69. The molecule has 0 N–H and O–H groups in total. The Morgan fingerprint density at radius 3 is 2.68 bits per heavy atom. The predicted molar refractivity (Wildman–Crippen MR) is 108 cm³/mol. The van der Waals surface area contributed by atoms with E-state index >= 15 is 0 Å². The molecule has 0 aliphatic carbocycles. The number of carbonyl (C=O) groups is 1. The molecule has 0 saturated carbocycles. The van der Waals surface area contributed by atoms with Gasteiger partial charge >= 0.3 is 0 Å². The molecule has 0 bridgehead atoms. The number of halogens is 1. The molecular weight excluding hydrogens is 396 g/mol. The number of ketones is 1. The molecule has 1 aromatic carbocycles. The number of Topliss-reactive ketones (excluding diaryl/α,β-unsaturated/α-hetero) is 1. The second-order valence-corrected chi connectivity index (χ2v) is 6.98. The molecule has 0 aliphatic heterocycles. The summed E-state index contributed by atoms with van der Waals surface area (Å²) in [6.07, 6.45) is 7.57. The summed E-state index contributed by atoms with van der Waals surface area (Å²) in [6, 6.07) is 10.7. The van der Waals surface area contributed by atoms with Gasteiger partial charge in [0.2, 0.25) is 11.8 Å². The predicted octanol–water partition coefficient (Wildman–Crippen LogP) is 4.24. The van der Waals surface area contributed by atoms with E-state index in [1.54, 1.807) is 18.2 Å². The summed E-state index contributed by atoms with van der Waals surface area (Å²) in [5.74, 6) is -0.0765. The third-order valence-electron chi connectivity index (χ3n) is 3.73. The van der Waals surface area contributed by atoms with Crippen molar-refractivity contribution in [1.29, 1.82) is 0 Å². The van der Waals surface area contributed by atoms with Crippen LogP contribution in [-0.4, -0.2) is 17.4 Å². The van der Waals surface area contributed by atoms with Crippen molar-refractivity contribution in [2.24, 2.45) is 4.99 Å². The average Bonchev–Trinajstić information content (AvgIpc) is 2.61. The van der Waals surface area contributed by atoms with Gasteiger partial charge in [-0.15, -0.1) is 6.58 Å². The van der Waals surface area contributed by atoms with Gasteiger partial charge in [0.15, 0.2) is 12.4 Å². The zero-order valence-corrected chi connectivity index (χ0v) is 16.6. The number of nitrogens with zero attached hydrogens (tertiary/aromatic N) is 2. The van der Waals surface area contributed by atoms with E-state index in [1.807, 2.05) is 41.2 Å². The molecule has 2 aromatic rings. The Morgan fingerprint density at radius 2 is 2.08 bits per heavy atom. The van der Waals surface area contributed by atoms with Crippen LogP contribution in [0.2, 0.25) is 0 Å². The molecule has 0 fully saturated rings. The second kappa shape index (κ2) is 9.59. The van der Waals surface area contributed by atoms with Crippen LogP contribution in [0.3, 0.4) is 0 Å². The standard InChI is InChI=1S/C20H21BrN2OS/c1-3-6-15-9-12-23(13-10-15)18(20(25)22-11-4-2)19(24)16-7-5-8-17(21)14-16/h4-5,7-10,12-14,18H,2-3,6,11H2,1H3/t18-/m0/s1. The molecule has 2 rings (SSSR count). The van der Waals surface area contributed by atoms with Crippen molar-refractivity contribution in [2.75, 3.05) is 6.54 Å². The largest absolute Gasteiger partial charge is 0.758 e. The van der Waals surface area contributed by atoms with Crippen LogP contribution in [0.5, 0.6) is 0 Å². The van der Waals surface area contributed by atoms with E-state index < -0.39 is 6.04 Å². The quantitative estimate of drug-likeness (QED) is 0.161. The SMILES string of the molecule is C=CCN=C([S-])[C@H](C(=O)c1cccc(Br)c1)[n+]1ccc(CCC)cc1. The van der Waals surface area contributed by atoms with E-state index in [0.29, 0.717) is 17.2 Å². The Kier molecular flexibility index (Phi) is 7.47. The summed E-state index contributed by atoms with van der Waals surface area (Å²) in [5.41, 5.74) is 1.84. The Hall–Kier alpha value is -1.85. The van der Waals surface area contributed by atoms with Crippen LogP contribution in [0.1, 0.15) is 35.3 Å². The molecule has 25 heavy (non-hydrogen) atoms. The number of hydrogen-bond donors (Lipinski definition) is 0. The normalized spacial score (nSPS) is 12.6. The van der Waals surface area contributed by atoms with Crippen molar-refractivity contribution >= 4 is 39.4 Å². The molecule has 0 unspecified atom stereocenters. The Labute approximate surface area is 163 Å². The topological polar surface area (TPSA) is 33.3 Å². The lowest BCUT2D eigenvalue weighted by Gasteiger charge is -2.18. The van der Waals surface area contributed by atoms with Crippen LogP contribution in [0, 0.1) is 0 Å². The van der Waals surface area contributed by atoms with Crippen molar-refractivity contribution in [3.63, 3.8) is 0 Å².